The lowest BCUT2D eigenvalue weighted by Gasteiger charge is -2.21. The molecule has 8 nitrogen and oxygen atoms in total. The molecule has 1 aliphatic rings. The molecule has 0 aliphatic carbocycles. The van der Waals surface area contributed by atoms with Crippen LogP contribution < -0.4 is 0 Å². The number of aliphatic hydroxyl groups excluding tert-OH is 1. The number of benzene rings is 2. The highest BCUT2D eigenvalue weighted by Gasteiger charge is 2.45. The molecule has 0 aromatic heterocycles. The van der Waals surface area contributed by atoms with Gasteiger partial charge in [0.25, 0.3) is 11.8 Å². The molecule has 0 saturated heterocycles. The summed E-state index contributed by atoms with van der Waals surface area (Å²) in [4.78, 5) is 25.2. The van der Waals surface area contributed by atoms with Crippen molar-refractivity contribution >= 4 is 27.6 Å². The molecule has 1 unspecified atom stereocenters. The van der Waals surface area contributed by atoms with E-state index in [1.165, 1.54) is 36.4 Å². The van der Waals surface area contributed by atoms with Crippen molar-refractivity contribution in [3.05, 3.63) is 70.8 Å². The first-order valence-corrected chi connectivity index (χ1v) is 10.2. The molecule has 0 bridgehead atoms. The van der Waals surface area contributed by atoms with E-state index in [1.54, 1.807) is 0 Å². The topological polar surface area (TPSA) is 113 Å². The Labute approximate surface area is 174 Å². The van der Waals surface area contributed by atoms with E-state index in [0.29, 0.717) is 10.5 Å². The number of amides is 2. The summed E-state index contributed by atoms with van der Waals surface area (Å²) in [6.07, 6.45) is -5.07. The van der Waals surface area contributed by atoms with Crippen molar-refractivity contribution in [2.24, 2.45) is 5.16 Å². The maximum atomic E-state index is 13.4. The van der Waals surface area contributed by atoms with Crippen LogP contribution in [0.3, 0.4) is 0 Å². The molecule has 1 N–H and O–H groups in total. The molecule has 1 atom stereocenters. The number of carbonyl (C=O) groups is 2. The fourth-order valence-corrected chi connectivity index (χ4v) is 3.61. The number of nitrogens with zero attached hydrogens (tertiary/aromatic N) is 2. The van der Waals surface area contributed by atoms with Gasteiger partial charge in [0.2, 0.25) is 0 Å². The molecule has 0 radical (unpaired) electrons. The number of halogens is 3. The van der Waals surface area contributed by atoms with Crippen LogP contribution in [0.5, 0.6) is 0 Å². The molecular formula is C19H15F3N2O6S. The number of fused-ring (bicyclic) bond motifs is 1. The summed E-state index contributed by atoms with van der Waals surface area (Å²) in [5.41, 5.74) is -1.88. The van der Waals surface area contributed by atoms with Crippen molar-refractivity contribution in [2.75, 3.05) is 0 Å². The van der Waals surface area contributed by atoms with Crippen molar-refractivity contribution in [3.8, 4) is 0 Å². The monoisotopic (exact) mass is 456 g/mol. The smallest absolute Gasteiger partial charge is 0.392 e. The first-order chi connectivity index (χ1) is 14.5. The summed E-state index contributed by atoms with van der Waals surface area (Å²) in [5.74, 6) is -1.83. The summed E-state index contributed by atoms with van der Waals surface area (Å²) in [5, 5.41) is 9.83. The Morgan fingerprint density at radius 3 is 2.03 bits per heavy atom. The maximum absolute atomic E-state index is 13.4. The van der Waals surface area contributed by atoms with Crippen LogP contribution in [0.25, 0.3) is 0 Å². The van der Waals surface area contributed by atoms with Crippen molar-refractivity contribution < 1.29 is 40.6 Å². The number of hydrogen-bond acceptors (Lipinski definition) is 7. The highest BCUT2D eigenvalue weighted by atomic mass is 32.2. The van der Waals surface area contributed by atoms with Crippen molar-refractivity contribution in [3.63, 3.8) is 0 Å². The molecule has 0 fully saturated rings. The van der Waals surface area contributed by atoms with Crippen LogP contribution in [0, 0.1) is 0 Å². The molecule has 1 heterocycles. The van der Waals surface area contributed by atoms with Crippen molar-refractivity contribution in [2.45, 2.75) is 25.1 Å². The number of alkyl halides is 3. The fourth-order valence-electron chi connectivity index (χ4n) is 2.85. The second-order valence-electron chi connectivity index (χ2n) is 6.49. The molecule has 3 rings (SSSR count). The average Bonchev–Trinajstić information content (AvgIpc) is 2.97. The van der Waals surface area contributed by atoms with Crippen LogP contribution in [0.4, 0.5) is 13.2 Å². The van der Waals surface area contributed by atoms with E-state index in [0.717, 1.165) is 19.1 Å². The van der Waals surface area contributed by atoms with E-state index in [1.807, 2.05) is 0 Å². The average molecular weight is 456 g/mol. The van der Waals surface area contributed by atoms with Crippen LogP contribution in [-0.2, 0) is 21.0 Å². The minimum atomic E-state index is -5.07. The Morgan fingerprint density at radius 1 is 1.06 bits per heavy atom. The number of rotatable bonds is 6. The molecule has 2 aromatic carbocycles. The van der Waals surface area contributed by atoms with Gasteiger partial charge in [-0.1, -0.05) is 41.6 Å². The largest absolute Gasteiger partial charge is 0.437 e. The molecule has 2 amide bonds. The summed E-state index contributed by atoms with van der Waals surface area (Å²) in [6, 6.07) is 9.98. The molecular weight excluding hydrogens is 441 g/mol. The quantitative estimate of drug-likeness (QED) is 0.406. The number of oxime groups is 1. The van der Waals surface area contributed by atoms with Crippen molar-refractivity contribution in [1.29, 1.82) is 0 Å². The standard InChI is InChI=1S/C19H15F3N2O6S/c1-11(24-17(26)14-4-2-3-5-15(14)18(24)27)31(28,29)30-23-16(19(20,21)22)13-8-6-12(10-25)7-9-13/h2-9,11,25H,10H2,1H3. The van der Waals surface area contributed by atoms with Crippen LogP contribution in [0.15, 0.2) is 53.7 Å². The lowest BCUT2D eigenvalue weighted by Crippen LogP contribution is -2.43. The normalized spacial score (nSPS) is 15.8. The van der Waals surface area contributed by atoms with E-state index in [4.69, 9.17) is 5.11 Å². The van der Waals surface area contributed by atoms with Gasteiger partial charge in [-0.15, -0.1) is 0 Å². The predicted molar refractivity (Wildman–Crippen MR) is 101 cm³/mol. The zero-order chi connectivity index (χ0) is 23.0. The minimum Gasteiger partial charge on any atom is -0.392 e. The highest BCUT2D eigenvalue weighted by Crippen LogP contribution is 2.28. The van der Waals surface area contributed by atoms with E-state index in [9.17, 15) is 31.2 Å². The van der Waals surface area contributed by atoms with Gasteiger partial charge >= 0.3 is 16.3 Å². The summed E-state index contributed by atoms with van der Waals surface area (Å²) < 4.78 is 69.3. The fraction of sp³-hybridized carbons (Fsp3) is 0.211. The van der Waals surface area contributed by atoms with Gasteiger partial charge in [0, 0.05) is 5.56 Å². The predicted octanol–water partition coefficient (Wildman–Crippen LogP) is 2.43. The van der Waals surface area contributed by atoms with Gasteiger partial charge in [0.05, 0.1) is 17.7 Å². The van der Waals surface area contributed by atoms with E-state index >= 15 is 0 Å². The summed E-state index contributed by atoms with van der Waals surface area (Å²) >= 11 is 0. The van der Waals surface area contributed by atoms with Crippen LogP contribution >= 0.6 is 0 Å². The summed E-state index contributed by atoms with van der Waals surface area (Å²) in [7, 11) is -4.95. The Balaban J connectivity index is 1.90. The number of hydrogen-bond donors (Lipinski definition) is 1. The second kappa shape index (κ2) is 8.12. The summed E-state index contributed by atoms with van der Waals surface area (Å²) in [6.45, 7) is 0.525. The molecule has 0 saturated carbocycles. The van der Waals surface area contributed by atoms with Crippen LogP contribution in [0.2, 0.25) is 0 Å². The van der Waals surface area contributed by atoms with Gasteiger partial charge in [-0.3, -0.25) is 18.8 Å². The zero-order valence-electron chi connectivity index (χ0n) is 15.8. The van der Waals surface area contributed by atoms with Gasteiger partial charge in [-0.2, -0.15) is 21.6 Å². The molecule has 2 aromatic rings. The van der Waals surface area contributed by atoms with Crippen LogP contribution in [0.1, 0.15) is 38.8 Å². The zero-order valence-corrected chi connectivity index (χ0v) is 16.6. The number of carbonyl (C=O) groups excluding carboxylic acids is 2. The molecule has 164 valence electrons. The Kier molecular flexibility index (Phi) is 5.87. The first kappa shape index (κ1) is 22.4. The lowest BCUT2D eigenvalue weighted by molar-refractivity contribution is -0.0597. The van der Waals surface area contributed by atoms with Gasteiger partial charge in [-0.05, 0) is 24.6 Å². The van der Waals surface area contributed by atoms with E-state index in [2.05, 4.69) is 9.44 Å². The number of aliphatic hydroxyl groups is 1. The molecule has 1 aliphatic heterocycles. The van der Waals surface area contributed by atoms with Crippen LogP contribution in [-0.4, -0.2) is 47.5 Å². The molecule has 12 heteroatoms. The third kappa shape index (κ3) is 4.30. The van der Waals surface area contributed by atoms with Gasteiger partial charge in [0.15, 0.2) is 11.1 Å². The lowest BCUT2D eigenvalue weighted by atomic mass is 10.1. The Hall–Kier alpha value is -3.25. The second-order valence-corrected chi connectivity index (χ2v) is 8.30. The maximum Gasteiger partial charge on any atom is 0.437 e. The molecule has 31 heavy (non-hydrogen) atoms. The van der Waals surface area contributed by atoms with E-state index < -0.39 is 51.4 Å². The van der Waals surface area contributed by atoms with E-state index in [-0.39, 0.29) is 11.1 Å². The Morgan fingerprint density at radius 2 is 1.58 bits per heavy atom. The molecule has 0 spiro atoms. The van der Waals surface area contributed by atoms with Gasteiger partial charge in [-0.25, -0.2) is 0 Å². The SMILES string of the molecule is CC(N1C(=O)c2ccccc2C1=O)S(=O)(=O)ON=C(c1ccc(CO)cc1)C(F)(F)F. The third-order valence-electron chi connectivity index (χ3n) is 4.52. The van der Waals surface area contributed by atoms with Gasteiger partial charge in [0.1, 0.15) is 0 Å². The third-order valence-corrected chi connectivity index (χ3v) is 5.85. The number of imide groups is 1. The first-order valence-electron chi connectivity index (χ1n) is 8.72. The minimum absolute atomic E-state index is 0.0296. The van der Waals surface area contributed by atoms with Crippen molar-refractivity contribution in [1.82, 2.24) is 4.90 Å². The Bertz CT molecular complexity index is 1120. The highest BCUT2D eigenvalue weighted by molar-refractivity contribution is 7.87. The van der Waals surface area contributed by atoms with Gasteiger partial charge < -0.3 is 5.11 Å².